The van der Waals surface area contributed by atoms with E-state index in [2.05, 4.69) is 5.32 Å². The van der Waals surface area contributed by atoms with Crippen molar-refractivity contribution in [1.82, 2.24) is 10.2 Å². The minimum absolute atomic E-state index is 0.123. The lowest BCUT2D eigenvalue weighted by molar-refractivity contribution is -0.143. The fraction of sp³-hybridized carbons (Fsp3) is 0.923. The molecule has 2 saturated heterocycles. The maximum atomic E-state index is 12.1. The summed E-state index contributed by atoms with van der Waals surface area (Å²) in [5.74, 6) is 0.123. The Morgan fingerprint density at radius 1 is 1.41 bits per heavy atom. The molecule has 0 aliphatic carbocycles. The lowest BCUT2D eigenvalue weighted by atomic mass is 9.98. The Morgan fingerprint density at radius 2 is 2.00 bits per heavy atom. The van der Waals surface area contributed by atoms with Crippen molar-refractivity contribution >= 4 is 5.91 Å². The van der Waals surface area contributed by atoms with E-state index in [-0.39, 0.29) is 12.0 Å². The smallest absolute Gasteiger partial charge is 0.251 e. The summed E-state index contributed by atoms with van der Waals surface area (Å²) in [6, 6.07) is 1.64. The number of carbonyl (C=O) groups is 1. The van der Waals surface area contributed by atoms with Gasteiger partial charge in [0.15, 0.2) is 0 Å². The summed E-state index contributed by atoms with van der Waals surface area (Å²) in [5, 5.41) is 3.60. The first-order valence-corrected chi connectivity index (χ1v) is 6.76. The molecule has 17 heavy (non-hydrogen) atoms. The first-order valence-electron chi connectivity index (χ1n) is 6.76. The molecule has 0 radical (unpaired) electrons. The van der Waals surface area contributed by atoms with E-state index in [4.69, 9.17) is 4.74 Å². The van der Waals surface area contributed by atoms with Gasteiger partial charge in [-0.15, -0.1) is 0 Å². The zero-order valence-corrected chi connectivity index (χ0v) is 11.1. The van der Waals surface area contributed by atoms with Gasteiger partial charge in [-0.1, -0.05) is 0 Å². The fourth-order valence-electron chi connectivity index (χ4n) is 3.13. The summed E-state index contributed by atoms with van der Waals surface area (Å²) in [6.45, 7) is 4.37. The van der Waals surface area contributed by atoms with Gasteiger partial charge in [0, 0.05) is 31.8 Å². The number of fused-ring (bicyclic) bond motifs is 2. The van der Waals surface area contributed by atoms with Gasteiger partial charge >= 0.3 is 0 Å². The van der Waals surface area contributed by atoms with Crippen molar-refractivity contribution in [3.63, 3.8) is 0 Å². The molecule has 1 amide bonds. The van der Waals surface area contributed by atoms with Crippen LogP contribution in [-0.2, 0) is 9.53 Å². The molecule has 0 aromatic carbocycles. The summed E-state index contributed by atoms with van der Waals surface area (Å²) in [4.78, 5) is 14.1. The molecule has 2 bridgehead atoms. The average Bonchev–Trinajstić information content (AvgIpc) is 2.66. The van der Waals surface area contributed by atoms with Crippen LogP contribution in [0.15, 0.2) is 0 Å². The number of carbonyl (C=O) groups excluding carboxylic acids is 1. The largest absolute Gasteiger partial charge is 0.369 e. The van der Waals surface area contributed by atoms with Gasteiger partial charge < -0.3 is 15.0 Å². The van der Waals surface area contributed by atoms with Gasteiger partial charge in [-0.05, 0) is 39.5 Å². The summed E-state index contributed by atoms with van der Waals surface area (Å²) < 4.78 is 5.38. The highest BCUT2D eigenvalue weighted by molar-refractivity contribution is 5.80. The average molecular weight is 240 g/mol. The van der Waals surface area contributed by atoms with Crippen LogP contribution in [0.4, 0.5) is 0 Å². The van der Waals surface area contributed by atoms with Crippen molar-refractivity contribution in [1.29, 1.82) is 0 Å². The predicted octanol–water partition coefficient (Wildman–Crippen LogP) is 1.15. The van der Waals surface area contributed by atoms with Crippen LogP contribution < -0.4 is 5.32 Å². The summed E-state index contributed by atoms with van der Waals surface area (Å²) in [5.41, 5.74) is 0. The van der Waals surface area contributed by atoms with Crippen molar-refractivity contribution in [2.24, 2.45) is 0 Å². The molecule has 3 unspecified atom stereocenters. The van der Waals surface area contributed by atoms with E-state index in [9.17, 15) is 4.79 Å². The molecule has 4 nitrogen and oxygen atoms in total. The SMILES string of the molecule is CCOC(C)C(=O)N(C)C1CC2CCC(C1)N2. The van der Waals surface area contributed by atoms with Crippen molar-refractivity contribution in [2.45, 2.75) is 63.8 Å². The number of hydrogen-bond acceptors (Lipinski definition) is 3. The number of rotatable bonds is 4. The second-order valence-electron chi connectivity index (χ2n) is 5.31. The third-order valence-corrected chi connectivity index (χ3v) is 4.11. The minimum atomic E-state index is -0.308. The molecule has 98 valence electrons. The van der Waals surface area contributed by atoms with Crippen LogP contribution in [0.2, 0.25) is 0 Å². The van der Waals surface area contributed by atoms with E-state index >= 15 is 0 Å². The topological polar surface area (TPSA) is 41.6 Å². The molecule has 2 aliphatic heterocycles. The molecule has 4 heteroatoms. The van der Waals surface area contributed by atoms with Crippen LogP contribution >= 0.6 is 0 Å². The number of nitrogens with zero attached hydrogens (tertiary/aromatic N) is 1. The Balaban J connectivity index is 1.91. The van der Waals surface area contributed by atoms with Gasteiger partial charge in [-0.2, -0.15) is 0 Å². The van der Waals surface area contributed by atoms with Crippen LogP contribution in [-0.4, -0.2) is 48.7 Å². The quantitative estimate of drug-likeness (QED) is 0.801. The predicted molar refractivity (Wildman–Crippen MR) is 66.8 cm³/mol. The highest BCUT2D eigenvalue weighted by atomic mass is 16.5. The summed E-state index contributed by atoms with van der Waals surface area (Å²) in [6.07, 6.45) is 4.42. The standard InChI is InChI=1S/C13H24N2O2/c1-4-17-9(2)13(16)15(3)12-7-10-5-6-11(8-12)14-10/h9-12,14H,4-8H2,1-3H3. The van der Waals surface area contributed by atoms with E-state index in [1.165, 1.54) is 12.8 Å². The lowest BCUT2D eigenvalue weighted by Crippen LogP contribution is -2.50. The van der Waals surface area contributed by atoms with Gasteiger partial charge in [0.2, 0.25) is 0 Å². The minimum Gasteiger partial charge on any atom is -0.369 e. The second-order valence-corrected chi connectivity index (χ2v) is 5.31. The molecule has 0 spiro atoms. The van der Waals surface area contributed by atoms with Gasteiger partial charge in [-0.25, -0.2) is 0 Å². The molecule has 2 heterocycles. The monoisotopic (exact) mass is 240 g/mol. The zero-order chi connectivity index (χ0) is 12.4. The third-order valence-electron chi connectivity index (χ3n) is 4.11. The molecular formula is C13H24N2O2. The van der Waals surface area contributed by atoms with Crippen LogP contribution in [0.5, 0.6) is 0 Å². The first-order chi connectivity index (χ1) is 8.11. The van der Waals surface area contributed by atoms with Gasteiger partial charge in [-0.3, -0.25) is 4.79 Å². The van der Waals surface area contributed by atoms with E-state index in [1.807, 2.05) is 25.8 Å². The van der Waals surface area contributed by atoms with E-state index in [0.29, 0.717) is 24.7 Å². The Bertz CT molecular complexity index is 271. The number of hydrogen-bond donors (Lipinski definition) is 1. The molecule has 0 aromatic rings. The lowest BCUT2D eigenvalue weighted by Gasteiger charge is -2.36. The Kier molecular flexibility index (Phi) is 4.05. The fourth-order valence-corrected chi connectivity index (χ4v) is 3.13. The van der Waals surface area contributed by atoms with Crippen LogP contribution in [0, 0.1) is 0 Å². The Morgan fingerprint density at radius 3 is 2.53 bits per heavy atom. The number of nitrogens with one attached hydrogen (secondary N) is 1. The zero-order valence-electron chi connectivity index (χ0n) is 11.1. The second kappa shape index (κ2) is 5.36. The van der Waals surface area contributed by atoms with Crippen molar-refractivity contribution in [3.05, 3.63) is 0 Å². The normalized spacial score (nSPS) is 33.5. The van der Waals surface area contributed by atoms with Crippen LogP contribution in [0.25, 0.3) is 0 Å². The number of ether oxygens (including phenoxy) is 1. The summed E-state index contributed by atoms with van der Waals surface area (Å²) in [7, 11) is 1.92. The summed E-state index contributed by atoms with van der Waals surface area (Å²) >= 11 is 0. The van der Waals surface area contributed by atoms with Gasteiger partial charge in [0.1, 0.15) is 6.10 Å². The molecule has 3 atom stereocenters. The Hall–Kier alpha value is -0.610. The third kappa shape index (κ3) is 2.80. The highest BCUT2D eigenvalue weighted by Gasteiger charge is 2.37. The van der Waals surface area contributed by atoms with Crippen molar-refractivity contribution < 1.29 is 9.53 Å². The van der Waals surface area contributed by atoms with Crippen molar-refractivity contribution in [2.75, 3.05) is 13.7 Å². The van der Waals surface area contributed by atoms with Crippen LogP contribution in [0.3, 0.4) is 0 Å². The molecule has 2 rings (SSSR count). The molecule has 0 aromatic heterocycles. The maximum Gasteiger partial charge on any atom is 0.251 e. The molecule has 2 aliphatic rings. The Labute approximate surface area is 104 Å². The number of likely N-dealkylation sites (N-methyl/N-ethyl adjacent to an activating group) is 1. The van der Waals surface area contributed by atoms with Gasteiger partial charge in [0.05, 0.1) is 0 Å². The molecule has 1 N–H and O–H groups in total. The molecular weight excluding hydrogens is 216 g/mol. The maximum absolute atomic E-state index is 12.1. The highest BCUT2D eigenvalue weighted by Crippen LogP contribution is 2.29. The van der Waals surface area contributed by atoms with E-state index in [1.54, 1.807) is 0 Å². The van der Waals surface area contributed by atoms with E-state index in [0.717, 1.165) is 12.8 Å². The molecule has 2 fully saturated rings. The van der Waals surface area contributed by atoms with Crippen molar-refractivity contribution in [3.8, 4) is 0 Å². The van der Waals surface area contributed by atoms with Gasteiger partial charge in [0.25, 0.3) is 5.91 Å². The van der Waals surface area contributed by atoms with Crippen LogP contribution in [0.1, 0.15) is 39.5 Å². The number of piperidine rings is 1. The first kappa shape index (κ1) is 12.8. The number of amides is 1. The van der Waals surface area contributed by atoms with E-state index < -0.39 is 0 Å². The molecule has 0 saturated carbocycles.